The molecule has 116 valence electrons. The van der Waals surface area contributed by atoms with Gasteiger partial charge >= 0.3 is 0 Å². The number of hydrogen-bond donors (Lipinski definition) is 1. The molecule has 0 aromatic carbocycles. The molecule has 0 aliphatic carbocycles. The third-order valence-corrected chi connectivity index (χ3v) is 3.96. The van der Waals surface area contributed by atoms with E-state index in [9.17, 15) is 4.79 Å². The van der Waals surface area contributed by atoms with Crippen molar-refractivity contribution in [2.24, 2.45) is 5.92 Å². The zero-order chi connectivity index (χ0) is 15.2. The molecular weight excluding hydrogens is 266 g/mol. The van der Waals surface area contributed by atoms with E-state index in [2.05, 4.69) is 10.3 Å². The average molecular weight is 291 g/mol. The van der Waals surface area contributed by atoms with Crippen LogP contribution in [-0.4, -0.2) is 49.6 Å². The summed E-state index contributed by atoms with van der Waals surface area (Å²) in [5.41, 5.74) is 1.64. The van der Waals surface area contributed by atoms with Crippen LogP contribution < -0.4 is 5.32 Å². The largest absolute Gasteiger partial charge is 0.381 e. The lowest BCUT2D eigenvalue weighted by atomic mass is 9.99. The monoisotopic (exact) mass is 291 g/mol. The Bertz CT molecular complexity index is 462. The number of anilines is 1. The molecule has 0 saturated carbocycles. The van der Waals surface area contributed by atoms with E-state index in [0.717, 1.165) is 50.5 Å². The van der Waals surface area contributed by atoms with Crippen molar-refractivity contribution in [3.05, 3.63) is 23.4 Å². The van der Waals surface area contributed by atoms with Gasteiger partial charge in [0.2, 0.25) is 0 Å². The highest BCUT2D eigenvalue weighted by molar-refractivity contribution is 5.94. The second-order valence-electron chi connectivity index (χ2n) is 5.58. The molecule has 1 aromatic rings. The van der Waals surface area contributed by atoms with E-state index in [1.807, 2.05) is 38.1 Å². The maximum atomic E-state index is 12.6. The number of carbonyl (C=O) groups is 1. The van der Waals surface area contributed by atoms with E-state index in [1.54, 1.807) is 0 Å². The van der Waals surface area contributed by atoms with Gasteiger partial charge in [0, 0.05) is 45.1 Å². The molecule has 1 fully saturated rings. The summed E-state index contributed by atoms with van der Waals surface area (Å²) in [6.07, 6.45) is 2.89. The Morgan fingerprint density at radius 3 is 2.76 bits per heavy atom. The van der Waals surface area contributed by atoms with Gasteiger partial charge in [-0.05, 0) is 37.3 Å². The first-order chi connectivity index (χ1) is 10.1. The molecule has 0 atom stereocenters. The number of nitrogens with one attached hydrogen (secondary N) is 1. The molecule has 0 radical (unpaired) electrons. The van der Waals surface area contributed by atoms with Gasteiger partial charge in [0.25, 0.3) is 5.91 Å². The minimum absolute atomic E-state index is 0.0649. The van der Waals surface area contributed by atoms with Crippen LogP contribution in [0.15, 0.2) is 12.1 Å². The standard InChI is InChI=1S/C16H25N3O2/c1-4-14-9-13(10-15(17-2)18-14)16(20)19(3)11-12-5-7-21-8-6-12/h9-10,12H,4-8,11H2,1-3H3,(H,17,18). The maximum absolute atomic E-state index is 12.6. The molecule has 2 rings (SSSR count). The van der Waals surface area contributed by atoms with E-state index in [1.165, 1.54) is 0 Å². The van der Waals surface area contributed by atoms with Crippen molar-refractivity contribution in [1.29, 1.82) is 0 Å². The van der Waals surface area contributed by atoms with Gasteiger partial charge in [-0.25, -0.2) is 4.98 Å². The Labute approximate surface area is 126 Å². The van der Waals surface area contributed by atoms with Gasteiger partial charge < -0.3 is 15.0 Å². The summed E-state index contributed by atoms with van der Waals surface area (Å²) in [6.45, 7) is 4.46. The summed E-state index contributed by atoms with van der Waals surface area (Å²) >= 11 is 0. The molecule has 0 bridgehead atoms. The first-order valence-electron chi connectivity index (χ1n) is 7.66. The smallest absolute Gasteiger partial charge is 0.253 e. The summed E-state index contributed by atoms with van der Waals surface area (Å²) in [4.78, 5) is 18.8. The van der Waals surface area contributed by atoms with Crippen LogP contribution in [0.3, 0.4) is 0 Å². The van der Waals surface area contributed by atoms with E-state index in [-0.39, 0.29) is 5.91 Å². The lowest BCUT2D eigenvalue weighted by Gasteiger charge is -2.27. The Balaban J connectivity index is 2.07. The summed E-state index contributed by atoms with van der Waals surface area (Å²) in [5.74, 6) is 1.36. The summed E-state index contributed by atoms with van der Waals surface area (Å²) < 4.78 is 5.37. The van der Waals surface area contributed by atoms with Crippen LogP contribution in [0.5, 0.6) is 0 Å². The molecule has 21 heavy (non-hydrogen) atoms. The minimum Gasteiger partial charge on any atom is -0.381 e. The number of aromatic nitrogens is 1. The average Bonchev–Trinajstić information content (AvgIpc) is 2.54. The Hall–Kier alpha value is -1.62. The lowest BCUT2D eigenvalue weighted by Crippen LogP contribution is -2.34. The highest BCUT2D eigenvalue weighted by Crippen LogP contribution is 2.18. The van der Waals surface area contributed by atoms with Gasteiger partial charge in [-0.3, -0.25) is 4.79 Å². The van der Waals surface area contributed by atoms with E-state index >= 15 is 0 Å². The zero-order valence-electron chi connectivity index (χ0n) is 13.2. The lowest BCUT2D eigenvalue weighted by molar-refractivity contribution is 0.0497. The number of rotatable bonds is 5. The molecule has 1 aromatic heterocycles. The fourth-order valence-corrected chi connectivity index (χ4v) is 2.64. The van der Waals surface area contributed by atoms with Crippen LogP contribution in [0.2, 0.25) is 0 Å². The fourth-order valence-electron chi connectivity index (χ4n) is 2.64. The fraction of sp³-hybridized carbons (Fsp3) is 0.625. The van der Waals surface area contributed by atoms with Gasteiger partial charge in [-0.1, -0.05) is 6.92 Å². The molecule has 1 amide bonds. The Kier molecular flexibility index (Phi) is 5.56. The zero-order valence-corrected chi connectivity index (χ0v) is 13.2. The van der Waals surface area contributed by atoms with Crippen LogP contribution in [0.25, 0.3) is 0 Å². The number of carbonyl (C=O) groups excluding carboxylic acids is 1. The summed E-state index contributed by atoms with van der Waals surface area (Å²) in [6, 6.07) is 3.71. The Morgan fingerprint density at radius 1 is 1.43 bits per heavy atom. The van der Waals surface area contributed by atoms with Crippen molar-refractivity contribution >= 4 is 11.7 Å². The second kappa shape index (κ2) is 7.41. The van der Waals surface area contributed by atoms with Crippen molar-refractivity contribution < 1.29 is 9.53 Å². The van der Waals surface area contributed by atoms with Gasteiger partial charge in [-0.2, -0.15) is 0 Å². The van der Waals surface area contributed by atoms with Crippen molar-refractivity contribution in [1.82, 2.24) is 9.88 Å². The van der Waals surface area contributed by atoms with Crippen LogP contribution in [0.4, 0.5) is 5.82 Å². The predicted octanol–water partition coefficient (Wildman–Crippen LogP) is 2.18. The molecular formula is C16H25N3O2. The summed E-state index contributed by atoms with van der Waals surface area (Å²) in [7, 11) is 3.70. The molecule has 0 spiro atoms. The van der Waals surface area contributed by atoms with Crippen molar-refractivity contribution in [3.63, 3.8) is 0 Å². The third-order valence-electron chi connectivity index (χ3n) is 3.96. The van der Waals surface area contributed by atoms with Crippen LogP contribution in [0, 0.1) is 5.92 Å². The van der Waals surface area contributed by atoms with Crippen LogP contribution in [0.1, 0.15) is 35.8 Å². The minimum atomic E-state index is 0.0649. The number of ether oxygens (including phenoxy) is 1. The van der Waals surface area contributed by atoms with E-state index in [0.29, 0.717) is 11.5 Å². The van der Waals surface area contributed by atoms with Gasteiger partial charge in [-0.15, -0.1) is 0 Å². The molecule has 5 nitrogen and oxygen atoms in total. The van der Waals surface area contributed by atoms with Gasteiger partial charge in [0.1, 0.15) is 5.82 Å². The van der Waals surface area contributed by atoms with Crippen LogP contribution in [-0.2, 0) is 11.2 Å². The highest BCUT2D eigenvalue weighted by atomic mass is 16.5. The molecule has 1 N–H and O–H groups in total. The molecule has 5 heteroatoms. The van der Waals surface area contributed by atoms with Crippen molar-refractivity contribution in [3.8, 4) is 0 Å². The molecule has 1 aliphatic rings. The first-order valence-corrected chi connectivity index (χ1v) is 7.66. The quantitative estimate of drug-likeness (QED) is 0.903. The SMILES string of the molecule is CCc1cc(C(=O)N(C)CC2CCOCC2)cc(NC)n1. The number of pyridine rings is 1. The third kappa shape index (κ3) is 4.17. The topological polar surface area (TPSA) is 54.5 Å². The van der Waals surface area contributed by atoms with Gasteiger partial charge in [0.05, 0.1) is 0 Å². The number of amides is 1. The second-order valence-corrected chi connectivity index (χ2v) is 5.58. The van der Waals surface area contributed by atoms with E-state index in [4.69, 9.17) is 4.74 Å². The Morgan fingerprint density at radius 2 is 2.14 bits per heavy atom. The van der Waals surface area contributed by atoms with Crippen molar-refractivity contribution in [2.45, 2.75) is 26.2 Å². The normalized spacial score (nSPS) is 15.8. The molecule has 0 unspecified atom stereocenters. The van der Waals surface area contributed by atoms with Crippen molar-refractivity contribution in [2.75, 3.05) is 39.2 Å². The molecule has 1 saturated heterocycles. The highest BCUT2D eigenvalue weighted by Gasteiger charge is 2.20. The first kappa shape index (κ1) is 15.8. The van der Waals surface area contributed by atoms with E-state index < -0.39 is 0 Å². The molecule has 2 heterocycles. The number of aryl methyl sites for hydroxylation is 1. The maximum Gasteiger partial charge on any atom is 0.253 e. The summed E-state index contributed by atoms with van der Waals surface area (Å²) in [5, 5.41) is 3.02. The predicted molar refractivity (Wildman–Crippen MR) is 83.7 cm³/mol. The molecule has 1 aliphatic heterocycles. The number of nitrogens with zero attached hydrogens (tertiary/aromatic N) is 2. The van der Waals surface area contributed by atoms with Gasteiger partial charge in [0.15, 0.2) is 0 Å². The number of hydrogen-bond acceptors (Lipinski definition) is 4. The van der Waals surface area contributed by atoms with Crippen LogP contribution >= 0.6 is 0 Å².